The first kappa shape index (κ1) is 37.3. The molecule has 3 aromatic rings. The Morgan fingerprint density at radius 1 is 0.915 bits per heavy atom. The SMILES string of the molecule is CCC(C)(C)c1ccc(OCCCNS(=O)(=O)c2ccc(Cl)cc2N=C2CC(=O)N(c3c(Cl)cc(Cl)cc3Cl)N2)c(C(C)(C)CC)c1. The van der Waals surface area contributed by atoms with Crippen LogP contribution in [0.4, 0.5) is 11.4 Å². The zero-order chi connectivity index (χ0) is 34.7. The van der Waals surface area contributed by atoms with E-state index in [9.17, 15) is 13.2 Å². The van der Waals surface area contributed by atoms with Gasteiger partial charge >= 0.3 is 0 Å². The van der Waals surface area contributed by atoms with Gasteiger partial charge in [0.25, 0.3) is 5.91 Å². The maximum atomic E-state index is 13.4. The molecule has 254 valence electrons. The molecule has 0 atom stereocenters. The first-order valence-corrected chi connectivity index (χ1v) is 18.4. The molecular formula is C34H40Cl4N4O4S. The van der Waals surface area contributed by atoms with Crippen molar-refractivity contribution >= 4 is 79.5 Å². The molecular weight excluding hydrogens is 702 g/mol. The molecule has 47 heavy (non-hydrogen) atoms. The van der Waals surface area contributed by atoms with Gasteiger partial charge in [-0.2, -0.15) is 0 Å². The van der Waals surface area contributed by atoms with Gasteiger partial charge in [-0.05, 0) is 72.1 Å². The molecule has 1 aliphatic heterocycles. The Kier molecular flexibility index (Phi) is 11.8. The van der Waals surface area contributed by atoms with E-state index < -0.39 is 15.9 Å². The molecule has 1 fully saturated rings. The van der Waals surface area contributed by atoms with Gasteiger partial charge in [0.2, 0.25) is 10.0 Å². The lowest BCUT2D eigenvalue weighted by Gasteiger charge is -2.30. The molecule has 1 amide bonds. The van der Waals surface area contributed by atoms with Crippen LogP contribution in [0.15, 0.2) is 58.4 Å². The number of amidine groups is 1. The predicted molar refractivity (Wildman–Crippen MR) is 194 cm³/mol. The van der Waals surface area contributed by atoms with Crippen molar-refractivity contribution in [3.63, 3.8) is 0 Å². The summed E-state index contributed by atoms with van der Waals surface area (Å²) < 4.78 is 35.7. The quantitative estimate of drug-likeness (QED) is 0.170. The zero-order valence-electron chi connectivity index (χ0n) is 27.3. The summed E-state index contributed by atoms with van der Waals surface area (Å²) in [6.07, 6.45) is 2.23. The molecule has 3 aromatic carbocycles. The van der Waals surface area contributed by atoms with Crippen LogP contribution in [0.3, 0.4) is 0 Å². The van der Waals surface area contributed by atoms with Crippen molar-refractivity contribution in [1.29, 1.82) is 0 Å². The molecule has 13 heteroatoms. The van der Waals surface area contributed by atoms with Crippen LogP contribution < -0.4 is 19.9 Å². The van der Waals surface area contributed by atoms with Gasteiger partial charge in [0.05, 0.1) is 28.8 Å². The molecule has 0 spiro atoms. The van der Waals surface area contributed by atoms with Crippen LogP contribution >= 0.6 is 46.4 Å². The fraction of sp³-hybridized carbons (Fsp3) is 0.412. The summed E-state index contributed by atoms with van der Waals surface area (Å²) in [7, 11) is -4.01. The van der Waals surface area contributed by atoms with E-state index in [1.807, 2.05) is 6.07 Å². The van der Waals surface area contributed by atoms with Crippen molar-refractivity contribution in [3.05, 3.63) is 79.7 Å². The Labute approximate surface area is 297 Å². The van der Waals surface area contributed by atoms with Crippen LogP contribution in [-0.4, -0.2) is 33.3 Å². The molecule has 8 nitrogen and oxygen atoms in total. The first-order valence-electron chi connectivity index (χ1n) is 15.4. The van der Waals surface area contributed by atoms with E-state index in [0.717, 1.165) is 29.2 Å². The highest BCUT2D eigenvalue weighted by Crippen LogP contribution is 2.39. The summed E-state index contributed by atoms with van der Waals surface area (Å²) in [5.74, 6) is 0.594. The minimum absolute atomic E-state index is 0.0432. The largest absolute Gasteiger partial charge is 0.493 e. The number of hydrazine groups is 1. The fourth-order valence-corrected chi connectivity index (χ4v) is 7.28. The lowest BCUT2D eigenvalue weighted by atomic mass is 9.76. The number of ether oxygens (including phenoxy) is 1. The molecule has 0 aromatic heterocycles. The van der Waals surface area contributed by atoms with Crippen molar-refractivity contribution in [2.75, 3.05) is 18.2 Å². The number of sulfonamides is 1. The van der Waals surface area contributed by atoms with Crippen molar-refractivity contribution in [1.82, 2.24) is 10.1 Å². The van der Waals surface area contributed by atoms with E-state index in [0.29, 0.717) is 18.1 Å². The number of hydrogen-bond acceptors (Lipinski definition) is 5. The number of rotatable bonds is 13. The number of carbonyl (C=O) groups excluding carboxylic acids is 1. The van der Waals surface area contributed by atoms with Gasteiger partial charge in [-0.15, -0.1) is 0 Å². The molecule has 0 aliphatic carbocycles. The number of benzene rings is 3. The smallest absolute Gasteiger partial charge is 0.253 e. The number of anilines is 1. The number of amides is 1. The highest BCUT2D eigenvalue weighted by Gasteiger charge is 2.31. The average Bonchev–Trinajstić information content (AvgIpc) is 3.35. The Morgan fingerprint density at radius 2 is 1.57 bits per heavy atom. The summed E-state index contributed by atoms with van der Waals surface area (Å²) in [6.45, 7) is 13.7. The van der Waals surface area contributed by atoms with E-state index in [2.05, 4.69) is 68.8 Å². The van der Waals surface area contributed by atoms with Gasteiger partial charge in [-0.3, -0.25) is 10.2 Å². The molecule has 0 unspecified atom stereocenters. The summed E-state index contributed by atoms with van der Waals surface area (Å²) in [6, 6.07) is 13.6. The summed E-state index contributed by atoms with van der Waals surface area (Å²) in [5.41, 5.74) is 5.49. The topological polar surface area (TPSA) is 100 Å². The van der Waals surface area contributed by atoms with Gasteiger partial charge < -0.3 is 4.74 Å². The molecule has 2 N–H and O–H groups in total. The number of hydrogen-bond donors (Lipinski definition) is 2. The number of nitrogens with zero attached hydrogens (tertiary/aromatic N) is 2. The highest BCUT2D eigenvalue weighted by molar-refractivity contribution is 7.89. The third-order valence-electron chi connectivity index (χ3n) is 8.61. The third-order valence-corrected chi connectivity index (χ3v) is 11.1. The molecule has 1 aliphatic rings. The predicted octanol–water partition coefficient (Wildman–Crippen LogP) is 9.39. The molecule has 1 saturated heterocycles. The molecule has 4 rings (SSSR count). The van der Waals surface area contributed by atoms with Gasteiger partial charge in [-0.25, -0.2) is 23.1 Å². The summed E-state index contributed by atoms with van der Waals surface area (Å²) in [5, 5.41) is 2.06. The van der Waals surface area contributed by atoms with Crippen LogP contribution in [0.5, 0.6) is 5.75 Å². The lowest BCUT2D eigenvalue weighted by Crippen LogP contribution is -2.36. The minimum atomic E-state index is -4.01. The van der Waals surface area contributed by atoms with E-state index in [4.69, 9.17) is 51.1 Å². The second kappa shape index (κ2) is 14.9. The number of carbonyl (C=O) groups is 1. The Morgan fingerprint density at radius 3 is 2.21 bits per heavy atom. The van der Waals surface area contributed by atoms with Gasteiger partial charge in [0.15, 0.2) is 0 Å². The normalized spacial score (nSPS) is 15.0. The Hall–Kier alpha value is -2.53. The number of halogens is 4. The highest BCUT2D eigenvalue weighted by atomic mass is 35.5. The summed E-state index contributed by atoms with van der Waals surface area (Å²) in [4.78, 5) is 17.2. The van der Waals surface area contributed by atoms with Crippen LogP contribution in [0.1, 0.15) is 78.4 Å². The number of aliphatic imine (C=N–C) groups is 1. The monoisotopic (exact) mass is 740 g/mol. The van der Waals surface area contributed by atoms with E-state index >= 15 is 0 Å². The third kappa shape index (κ3) is 8.74. The van der Waals surface area contributed by atoms with E-state index in [1.54, 1.807) is 0 Å². The van der Waals surface area contributed by atoms with Gasteiger partial charge in [0, 0.05) is 22.2 Å². The van der Waals surface area contributed by atoms with Gasteiger partial charge in [-0.1, -0.05) is 100 Å². The molecule has 0 radical (unpaired) electrons. The van der Waals surface area contributed by atoms with Crippen molar-refractivity contribution < 1.29 is 17.9 Å². The average molecular weight is 743 g/mol. The minimum Gasteiger partial charge on any atom is -0.493 e. The second-order valence-corrected chi connectivity index (χ2v) is 16.1. The van der Waals surface area contributed by atoms with Crippen molar-refractivity contribution in [2.45, 2.75) is 83.0 Å². The first-order chi connectivity index (χ1) is 22.0. The fourth-order valence-electron chi connectivity index (χ4n) is 4.94. The van der Waals surface area contributed by atoms with Crippen LogP contribution in [0.2, 0.25) is 20.1 Å². The van der Waals surface area contributed by atoms with E-state index in [-0.39, 0.29) is 61.0 Å². The molecule has 0 saturated carbocycles. The number of nitrogens with one attached hydrogen (secondary N) is 2. The Balaban J connectivity index is 1.46. The van der Waals surface area contributed by atoms with Crippen molar-refractivity contribution in [3.8, 4) is 5.75 Å². The van der Waals surface area contributed by atoms with Gasteiger partial charge in [0.1, 0.15) is 22.2 Å². The zero-order valence-corrected chi connectivity index (χ0v) is 31.1. The van der Waals surface area contributed by atoms with Crippen molar-refractivity contribution in [2.24, 2.45) is 4.99 Å². The van der Waals surface area contributed by atoms with E-state index in [1.165, 1.54) is 35.9 Å². The molecule has 0 bridgehead atoms. The standard InChI is InChI=1S/C34H40Cl4N4O4S/c1-7-33(3,4)21-10-12-28(24(16-21)34(5,6)8-2)46-15-9-14-39-47(44,45)29-13-11-22(35)19-27(29)40-30-20-31(43)42(41-30)32-25(37)17-23(36)18-26(32)38/h10-13,16-19,39H,7-9,14-15,20H2,1-6H3,(H,40,41). The maximum absolute atomic E-state index is 13.4. The van der Waals surface area contributed by atoms with Crippen LogP contribution in [-0.2, 0) is 25.6 Å². The molecule has 1 heterocycles. The lowest BCUT2D eigenvalue weighted by molar-refractivity contribution is -0.116. The van der Waals surface area contributed by atoms with Crippen LogP contribution in [0, 0.1) is 0 Å². The Bertz CT molecular complexity index is 1770. The maximum Gasteiger partial charge on any atom is 0.253 e. The van der Waals surface area contributed by atoms with Crippen LogP contribution in [0.25, 0.3) is 0 Å². The summed E-state index contributed by atoms with van der Waals surface area (Å²) >= 11 is 24.8. The second-order valence-electron chi connectivity index (χ2n) is 12.7.